The number of carbonyl (C=O) groups excluding carboxylic acids is 6. The van der Waals surface area contributed by atoms with Crippen LogP contribution in [0.1, 0.15) is 336 Å². The highest BCUT2D eigenvalue weighted by Gasteiger charge is 2.35. The van der Waals surface area contributed by atoms with Crippen molar-refractivity contribution in [2.75, 3.05) is 0 Å². The summed E-state index contributed by atoms with van der Waals surface area (Å²) in [5.74, 6) is 0.852. The van der Waals surface area contributed by atoms with Crippen molar-refractivity contribution in [1.29, 1.82) is 0 Å². The number of esters is 1. The Kier molecular flexibility index (Phi) is 25.5. The Morgan fingerprint density at radius 3 is 0.409 bits per heavy atom. The summed E-state index contributed by atoms with van der Waals surface area (Å²) in [6.07, 6.45) is -3.34. The maximum Gasteiger partial charge on any atom is 0.413 e. The smallest absolute Gasteiger partial charge is 0.413 e. The van der Waals surface area contributed by atoms with Gasteiger partial charge < -0.3 is 55.0 Å². The topological polar surface area (TPSA) is 218 Å². The van der Waals surface area contributed by atoms with Crippen molar-refractivity contribution in [1.82, 2.24) is 26.6 Å². The number of hydrogen-bond acceptors (Lipinski definition) is 12. The van der Waals surface area contributed by atoms with E-state index in [1.165, 1.54) is 6.92 Å². The van der Waals surface area contributed by atoms with E-state index in [2.05, 4.69) is 224 Å². The highest BCUT2D eigenvalue weighted by atomic mass is 16.6. The number of ether oxygens (including phenoxy) is 6. The van der Waals surface area contributed by atoms with Gasteiger partial charge in [-0.15, -0.1) is 0 Å². The maximum absolute atomic E-state index is 15.0. The van der Waals surface area contributed by atoms with Gasteiger partial charge in [-0.05, 0) is 170 Å². The van der Waals surface area contributed by atoms with Gasteiger partial charge in [-0.3, -0.25) is 4.79 Å². The molecule has 600 valence electrons. The maximum atomic E-state index is 15.0. The molecule has 0 fully saturated rings. The van der Waals surface area contributed by atoms with Gasteiger partial charge in [0.15, 0.2) is 0 Å². The molecule has 17 heteroatoms. The third-order valence-electron chi connectivity index (χ3n) is 18.5. The van der Waals surface area contributed by atoms with E-state index < -0.39 is 96.6 Å². The van der Waals surface area contributed by atoms with Gasteiger partial charge in [-0.25, -0.2) is 24.0 Å². The summed E-state index contributed by atoms with van der Waals surface area (Å²) in [6.45, 7) is 67.7. The highest BCUT2D eigenvalue weighted by Crippen LogP contribution is 2.47. The minimum absolute atomic E-state index is 0.0305. The quantitative estimate of drug-likeness (QED) is 0.0776. The van der Waals surface area contributed by atoms with E-state index in [1.807, 2.05) is 104 Å². The molecule has 0 saturated heterocycles. The molecule has 0 saturated carbocycles. The molecule has 0 radical (unpaired) electrons. The summed E-state index contributed by atoms with van der Waals surface area (Å²) in [6, 6.07) is 24.7. The number of benzene rings is 6. The lowest BCUT2D eigenvalue weighted by molar-refractivity contribution is -0.132. The molecular formula is C93H131N5O12. The molecule has 0 aliphatic heterocycles. The van der Waals surface area contributed by atoms with Crippen LogP contribution in [0.2, 0.25) is 0 Å². The van der Waals surface area contributed by atoms with Crippen molar-refractivity contribution in [2.24, 2.45) is 0 Å². The van der Waals surface area contributed by atoms with Crippen LogP contribution in [0.3, 0.4) is 0 Å². The number of amides is 5. The second-order valence-electron chi connectivity index (χ2n) is 41.7. The van der Waals surface area contributed by atoms with Crippen LogP contribution in [0, 0.1) is 0 Å². The molecule has 0 spiro atoms. The van der Waals surface area contributed by atoms with Crippen molar-refractivity contribution in [3.63, 3.8) is 0 Å². The first-order chi connectivity index (χ1) is 49.7. The molecule has 0 aromatic heterocycles. The molecule has 17 nitrogen and oxygen atoms in total. The Morgan fingerprint density at radius 1 is 0.209 bits per heavy atom. The number of hydrogen-bond donors (Lipinski definition) is 5. The zero-order chi connectivity index (χ0) is 83.3. The van der Waals surface area contributed by atoms with E-state index >= 15 is 0 Å². The van der Waals surface area contributed by atoms with Gasteiger partial charge in [-0.2, -0.15) is 0 Å². The van der Waals surface area contributed by atoms with Crippen LogP contribution in [0.25, 0.3) is 0 Å². The molecule has 5 N–H and O–H groups in total. The molecule has 110 heavy (non-hydrogen) atoms. The molecule has 6 aromatic carbocycles. The first kappa shape index (κ1) is 88.4. The third-order valence-corrected chi connectivity index (χ3v) is 18.5. The van der Waals surface area contributed by atoms with Gasteiger partial charge in [0.25, 0.3) is 0 Å². The van der Waals surface area contributed by atoms with Crippen LogP contribution >= 0.6 is 0 Å². The summed E-state index contributed by atoms with van der Waals surface area (Å²) in [7, 11) is 0. The predicted molar refractivity (Wildman–Crippen MR) is 444 cm³/mol. The van der Waals surface area contributed by atoms with Gasteiger partial charge in [0.2, 0.25) is 0 Å². The Labute approximate surface area is 658 Å². The summed E-state index contributed by atoms with van der Waals surface area (Å²) in [5, 5.41) is 15.3. The Morgan fingerprint density at radius 2 is 0.318 bits per heavy atom. The monoisotopic (exact) mass is 1510 g/mol. The molecular weight excluding hydrogens is 1380 g/mol. The summed E-state index contributed by atoms with van der Waals surface area (Å²) in [4.78, 5) is 88.8. The minimum Gasteiger partial charge on any atom is -0.426 e. The van der Waals surface area contributed by atoms with Gasteiger partial charge in [0, 0.05) is 140 Å². The standard InChI is InChI=1S/C93H131N5O12/c1-53(99)105-72-54-35-56-43-67(84(5,6)7)45-58(73(56)106-78(100)94-89(20,21)22)37-60-47-69(86(11,12)13)49-62(75(60)108-80(102)96-91(26,27)28)39-64-51-71(88(17,18)19)52-65(77(64)110-82(104)98-93(32,33)34)40-63-50-70(87(14,15)16)48-61(76(63)109-81(103)97-92(29,30)31)38-59-46-68(85(8,9)10)44-57(74(59)107-79(101)95-90(23,24)25)36-55(72)42-66(41-54)83(2,3)4/h41-52H,35-40H2,1-34H3,(H,94,100)(H,95,101)(H,96,102)(H,97,103)(H,98,104). The van der Waals surface area contributed by atoms with E-state index in [4.69, 9.17) is 28.4 Å². The predicted octanol–water partition coefficient (Wildman–Crippen LogP) is 21.7. The van der Waals surface area contributed by atoms with E-state index in [0.717, 1.165) is 33.4 Å². The largest absolute Gasteiger partial charge is 0.426 e. The van der Waals surface area contributed by atoms with E-state index in [-0.39, 0.29) is 73.0 Å². The van der Waals surface area contributed by atoms with Crippen molar-refractivity contribution in [3.8, 4) is 34.5 Å². The lowest BCUT2D eigenvalue weighted by atomic mass is 9.79. The van der Waals surface area contributed by atoms with Crippen LogP contribution in [-0.4, -0.2) is 64.1 Å². The average molecular weight is 1510 g/mol. The molecule has 7 rings (SSSR count). The molecule has 1 aliphatic carbocycles. The highest BCUT2D eigenvalue weighted by molar-refractivity contribution is 5.78. The van der Waals surface area contributed by atoms with E-state index in [9.17, 15) is 28.8 Å². The average Bonchev–Trinajstić information content (AvgIpc) is 0.765. The van der Waals surface area contributed by atoms with Crippen LogP contribution in [0.15, 0.2) is 72.8 Å². The number of rotatable bonds is 6. The fraction of sp³-hybridized carbons (Fsp3) is 0.548. The van der Waals surface area contributed by atoms with E-state index in [1.54, 1.807) is 0 Å². The summed E-state index contributed by atoms with van der Waals surface area (Å²) < 4.78 is 40.8. The molecule has 1 aliphatic rings. The Hall–Kier alpha value is -8.86. The van der Waals surface area contributed by atoms with Crippen molar-refractivity contribution < 1.29 is 57.2 Å². The third kappa shape index (κ3) is 24.8. The summed E-state index contributed by atoms with van der Waals surface area (Å²) >= 11 is 0. The van der Waals surface area contributed by atoms with Crippen LogP contribution in [-0.2, 0) is 75.8 Å². The molecule has 0 unspecified atom stereocenters. The molecule has 6 aromatic rings. The molecule has 12 bridgehead atoms. The normalized spacial score (nSPS) is 13.7. The summed E-state index contributed by atoms with van der Waals surface area (Å²) in [5.41, 5.74) is 5.39. The first-order valence-corrected chi connectivity index (χ1v) is 38.8. The van der Waals surface area contributed by atoms with Gasteiger partial charge in [-0.1, -0.05) is 197 Å². The Bertz CT molecular complexity index is 4240. The van der Waals surface area contributed by atoms with Crippen molar-refractivity contribution in [3.05, 3.63) is 173 Å². The van der Waals surface area contributed by atoms with Gasteiger partial charge in [0.05, 0.1) is 0 Å². The zero-order valence-corrected chi connectivity index (χ0v) is 73.1. The molecule has 5 amide bonds. The fourth-order valence-corrected chi connectivity index (χ4v) is 13.0. The number of nitrogens with one attached hydrogen (secondary N) is 5. The lowest BCUT2D eigenvalue weighted by Gasteiger charge is -2.29. The van der Waals surface area contributed by atoms with Crippen LogP contribution in [0.4, 0.5) is 24.0 Å². The van der Waals surface area contributed by atoms with Crippen LogP contribution in [0.5, 0.6) is 34.5 Å². The molecule has 0 atom stereocenters. The second-order valence-corrected chi connectivity index (χ2v) is 41.7. The zero-order valence-electron chi connectivity index (χ0n) is 73.1. The number of fused-ring (bicyclic) bond motifs is 12. The lowest BCUT2D eigenvalue weighted by Crippen LogP contribution is -2.42. The SMILES string of the molecule is CC(=O)Oc1c2cc(C(C)(C)C)cc1Cc1cc(C(C)(C)C)cc(c1OC(=O)NC(C)(C)C)Cc1cc(C(C)(C)C)cc(c1OC(=O)NC(C)(C)C)Cc1cc(C(C)(C)C)cc(c1OC(=O)NC(C)(C)C)Cc1cc(C(C)(C)C)cc(c1OC(=O)NC(C)(C)C)Cc1cc(C(C)(C)C)cc(c1OC(=O)NC(C)(C)C)C2. The second kappa shape index (κ2) is 31.7. The number of carbonyl (C=O) groups is 6. The van der Waals surface area contributed by atoms with Crippen molar-refractivity contribution in [2.45, 2.75) is 334 Å². The van der Waals surface area contributed by atoms with Crippen molar-refractivity contribution >= 4 is 36.4 Å². The van der Waals surface area contributed by atoms with Gasteiger partial charge in [0.1, 0.15) is 34.5 Å². The molecule has 0 heterocycles. The van der Waals surface area contributed by atoms with Crippen LogP contribution < -0.4 is 55.0 Å². The first-order valence-electron chi connectivity index (χ1n) is 38.8. The van der Waals surface area contributed by atoms with Gasteiger partial charge >= 0.3 is 36.4 Å². The Balaban J connectivity index is 1.86. The minimum atomic E-state index is -0.750. The fourth-order valence-electron chi connectivity index (χ4n) is 13.0. The van der Waals surface area contributed by atoms with E-state index in [0.29, 0.717) is 66.8 Å².